The Morgan fingerprint density at radius 2 is 1.80 bits per heavy atom. The summed E-state index contributed by atoms with van der Waals surface area (Å²) in [5, 5.41) is 14.6. The molecule has 2 heterocycles. The highest BCUT2D eigenvalue weighted by Gasteiger charge is 2.28. The first-order valence-electron chi connectivity index (χ1n) is 9.55. The lowest BCUT2D eigenvalue weighted by Gasteiger charge is -2.35. The maximum Gasteiger partial charge on any atom is 0.222 e. The number of nitrogens with one attached hydrogen (secondary N) is 1. The van der Waals surface area contributed by atoms with Crippen molar-refractivity contribution in [2.75, 3.05) is 26.2 Å². The molecule has 2 saturated heterocycles. The third-order valence-corrected chi connectivity index (χ3v) is 6.03. The second kappa shape index (κ2) is 9.02. The number of hydrogen-bond donors (Lipinski definition) is 2. The van der Waals surface area contributed by atoms with Crippen LogP contribution in [-0.4, -0.2) is 42.1 Å². The van der Waals surface area contributed by atoms with Crippen LogP contribution in [0.4, 0.5) is 0 Å². The van der Waals surface area contributed by atoms with Crippen LogP contribution in [0.1, 0.15) is 50.2 Å². The fourth-order valence-corrected chi connectivity index (χ4v) is 4.18. The van der Waals surface area contributed by atoms with Gasteiger partial charge in [-0.15, -0.1) is 0 Å². The molecular formula is C20H29ClN2O2. The molecule has 0 aliphatic carbocycles. The molecule has 1 amide bonds. The zero-order valence-electron chi connectivity index (χ0n) is 14.8. The zero-order valence-corrected chi connectivity index (χ0v) is 15.5. The van der Waals surface area contributed by atoms with Gasteiger partial charge in [0.05, 0.1) is 6.10 Å². The van der Waals surface area contributed by atoms with Gasteiger partial charge in [-0.25, -0.2) is 0 Å². The summed E-state index contributed by atoms with van der Waals surface area (Å²) in [5.74, 6) is 1.21. The molecule has 0 bridgehead atoms. The SMILES string of the molecule is O=C(CCC1CCNCC1)N1CCC(C(O)c2ccc(Cl)cc2)CC1. The molecule has 5 heteroatoms. The normalized spacial score (nSPS) is 21.3. The number of likely N-dealkylation sites (tertiary alicyclic amines) is 1. The number of carbonyl (C=O) groups is 1. The van der Waals surface area contributed by atoms with Crippen LogP contribution in [0.2, 0.25) is 5.02 Å². The van der Waals surface area contributed by atoms with Gasteiger partial charge >= 0.3 is 0 Å². The maximum atomic E-state index is 12.5. The molecule has 1 aromatic carbocycles. The van der Waals surface area contributed by atoms with Crippen molar-refractivity contribution in [3.05, 3.63) is 34.9 Å². The molecular weight excluding hydrogens is 336 g/mol. The van der Waals surface area contributed by atoms with E-state index in [9.17, 15) is 9.90 Å². The lowest BCUT2D eigenvalue weighted by molar-refractivity contribution is -0.133. The predicted molar refractivity (Wildman–Crippen MR) is 101 cm³/mol. The smallest absolute Gasteiger partial charge is 0.222 e. The predicted octanol–water partition coefficient (Wildman–Crippen LogP) is 3.39. The maximum absolute atomic E-state index is 12.5. The second-order valence-electron chi connectivity index (χ2n) is 7.45. The number of rotatable bonds is 5. The molecule has 138 valence electrons. The van der Waals surface area contributed by atoms with Gasteiger partial charge in [0.1, 0.15) is 0 Å². The van der Waals surface area contributed by atoms with E-state index in [1.165, 1.54) is 12.8 Å². The molecule has 3 rings (SSSR count). The number of halogens is 1. The Morgan fingerprint density at radius 3 is 2.44 bits per heavy atom. The highest BCUT2D eigenvalue weighted by atomic mass is 35.5. The van der Waals surface area contributed by atoms with E-state index < -0.39 is 6.10 Å². The lowest BCUT2D eigenvalue weighted by Crippen LogP contribution is -2.40. The first-order chi connectivity index (χ1) is 12.1. The molecule has 1 unspecified atom stereocenters. The average molecular weight is 365 g/mol. The van der Waals surface area contributed by atoms with Crippen molar-refractivity contribution in [3.63, 3.8) is 0 Å². The van der Waals surface area contributed by atoms with E-state index in [1.807, 2.05) is 29.2 Å². The molecule has 1 atom stereocenters. The van der Waals surface area contributed by atoms with Gasteiger partial charge in [0.15, 0.2) is 0 Å². The van der Waals surface area contributed by atoms with Crippen LogP contribution in [0, 0.1) is 11.8 Å². The summed E-state index contributed by atoms with van der Waals surface area (Å²) in [6.45, 7) is 3.71. The van der Waals surface area contributed by atoms with E-state index in [4.69, 9.17) is 11.6 Å². The molecule has 2 aliphatic rings. The highest BCUT2D eigenvalue weighted by Crippen LogP contribution is 2.31. The second-order valence-corrected chi connectivity index (χ2v) is 7.88. The third kappa shape index (κ3) is 5.19. The van der Waals surface area contributed by atoms with Crippen molar-refractivity contribution in [1.82, 2.24) is 10.2 Å². The molecule has 1 aromatic rings. The van der Waals surface area contributed by atoms with Gasteiger partial charge in [-0.2, -0.15) is 0 Å². The fraction of sp³-hybridized carbons (Fsp3) is 0.650. The quantitative estimate of drug-likeness (QED) is 0.842. The summed E-state index contributed by atoms with van der Waals surface area (Å²) in [6, 6.07) is 7.42. The molecule has 2 N–H and O–H groups in total. The summed E-state index contributed by atoms with van der Waals surface area (Å²) in [4.78, 5) is 14.5. The van der Waals surface area contributed by atoms with Gasteiger partial charge in [-0.1, -0.05) is 23.7 Å². The minimum absolute atomic E-state index is 0.217. The van der Waals surface area contributed by atoms with Crippen molar-refractivity contribution >= 4 is 17.5 Å². The Bertz CT molecular complexity index is 549. The van der Waals surface area contributed by atoms with Crippen LogP contribution in [0.15, 0.2) is 24.3 Å². The number of benzene rings is 1. The van der Waals surface area contributed by atoms with Gasteiger partial charge in [-0.05, 0) is 74.7 Å². The molecule has 4 nitrogen and oxygen atoms in total. The topological polar surface area (TPSA) is 52.6 Å². The number of piperidine rings is 2. The number of hydrogen-bond acceptors (Lipinski definition) is 3. The Labute approximate surface area is 155 Å². The van der Waals surface area contributed by atoms with E-state index in [-0.39, 0.29) is 11.8 Å². The molecule has 0 aromatic heterocycles. The number of amides is 1. The van der Waals surface area contributed by atoms with Crippen LogP contribution in [0.3, 0.4) is 0 Å². The van der Waals surface area contributed by atoms with Gasteiger partial charge in [-0.3, -0.25) is 4.79 Å². The van der Waals surface area contributed by atoms with Crippen molar-refractivity contribution < 1.29 is 9.90 Å². The zero-order chi connectivity index (χ0) is 17.6. The number of aliphatic hydroxyl groups excluding tert-OH is 1. The number of carbonyl (C=O) groups excluding carboxylic acids is 1. The van der Waals surface area contributed by atoms with Gasteiger partial charge < -0.3 is 15.3 Å². The van der Waals surface area contributed by atoms with Crippen LogP contribution in [0.5, 0.6) is 0 Å². The summed E-state index contributed by atoms with van der Waals surface area (Å²) in [6.07, 6.45) is 5.35. The van der Waals surface area contributed by atoms with Gasteiger partial charge in [0, 0.05) is 24.5 Å². The van der Waals surface area contributed by atoms with Crippen molar-refractivity contribution in [2.24, 2.45) is 11.8 Å². The number of nitrogens with zero attached hydrogens (tertiary/aromatic N) is 1. The molecule has 25 heavy (non-hydrogen) atoms. The molecule has 0 radical (unpaired) electrons. The summed E-state index contributed by atoms with van der Waals surface area (Å²) in [5.41, 5.74) is 0.917. The summed E-state index contributed by atoms with van der Waals surface area (Å²) < 4.78 is 0. The Morgan fingerprint density at radius 1 is 1.16 bits per heavy atom. The van der Waals surface area contributed by atoms with Crippen LogP contribution in [0.25, 0.3) is 0 Å². The van der Waals surface area contributed by atoms with E-state index in [0.717, 1.165) is 51.0 Å². The summed E-state index contributed by atoms with van der Waals surface area (Å²) in [7, 11) is 0. The largest absolute Gasteiger partial charge is 0.388 e. The fourth-order valence-electron chi connectivity index (χ4n) is 4.05. The first kappa shape index (κ1) is 18.7. The summed E-state index contributed by atoms with van der Waals surface area (Å²) >= 11 is 5.91. The monoisotopic (exact) mass is 364 g/mol. The lowest BCUT2D eigenvalue weighted by atomic mass is 9.87. The molecule has 0 spiro atoms. The molecule has 0 saturated carbocycles. The first-order valence-corrected chi connectivity index (χ1v) is 9.93. The van der Waals surface area contributed by atoms with E-state index in [2.05, 4.69) is 5.32 Å². The van der Waals surface area contributed by atoms with Crippen LogP contribution < -0.4 is 5.32 Å². The standard InChI is InChI=1S/C20H29ClN2O2/c21-18-4-2-16(3-5-18)20(25)17-9-13-23(14-10-17)19(24)6-1-15-7-11-22-12-8-15/h2-5,15,17,20,22,25H,1,6-14H2. The van der Waals surface area contributed by atoms with E-state index >= 15 is 0 Å². The minimum Gasteiger partial charge on any atom is -0.388 e. The average Bonchev–Trinajstić information content (AvgIpc) is 2.67. The minimum atomic E-state index is -0.468. The Kier molecular flexibility index (Phi) is 6.74. The molecule has 2 fully saturated rings. The Hall–Kier alpha value is -1.10. The van der Waals surface area contributed by atoms with Crippen LogP contribution >= 0.6 is 11.6 Å². The third-order valence-electron chi connectivity index (χ3n) is 5.78. The van der Waals surface area contributed by atoms with Crippen molar-refractivity contribution in [2.45, 2.75) is 44.6 Å². The highest BCUT2D eigenvalue weighted by molar-refractivity contribution is 6.30. The van der Waals surface area contributed by atoms with Gasteiger partial charge in [0.2, 0.25) is 5.91 Å². The van der Waals surface area contributed by atoms with Crippen LogP contribution in [-0.2, 0) is 4.79 Å². The number of aliphatic hydroxyl groups is 1. The van der Waals surface area contributed by atoms with Crippen molar-refractivity contribution in [1.29, 1.82) is 0 Å². The van der Waals surface area contributed by atoms with Gasteiger partial charge in [0.25, 0.3) is 0 Å². The Balaban J connectivity index is 1.43. The van der Waals surface area contributed by atoms with Crippen molar-refractivity contribution in [3.8, 4) is 0 Å². The van der Waals surface area contributed by atoms with E-state index in [1.54, 1.807) is 0 Å². The molecule has 2 aliphatic heterocycles. The van der Waals surface area contributed by atoms with E-state index in [0.29, 0.717) is 17.4 Å².